The summed E-state index contributed by atoms with van der Waals surface area (Å²) in [5.74, 6) is 0.668. The normalized spacial score (nSPS) is 11.4. The van der Waals surface area contributed by atoms with Crippen LogP contribution in [0.3, 0.4) is 0 Å². The minimum absolute atomic E-state index is 0.145. The van der Waals surface area contributed by atoms with Gasteiger partial charge >= 0.3 is 0 Å². The second-order valence-corrected chi connectivity index (χ2v) is 6.67. The topological polar surface area (TPSA) is 108 Å². The highest BCUT2D eigenvalue weighted by atomic mass is 32.2. The molecular weight excluding hydrogens is 340 g/mol. The average Bonchev–Trinajstić information content (AvgIpc) is 2.99. The fourth-order valence-corrected chi connectivity index (χ4v) is 2.61. The molecule has 2 aromatic rings. The van der Waals surface area contributed by atoms with E-state index in [-0.39, 0.29) is 17.6 Å². The molecule has 130 valence electrons. The molecular formula is C17H18N4O3S. The molecule has 1 heterocycles. The van der Waals surface area contributed by atoms with Crippen LogP contribution in [0.15, 0.2) is 34.9 Å². The molecule has 2 amide bonds. The molecule has 1 atom stereocenters. The van der Waals surface area contributed by atoms with E-state index >= 15 is 0 Å². The van der Waals surface area contributed by atoms with Crippen molar-refractivity contribution < 1.29 is 14.1 Å². The fourth-order valence-electron chi connectivity index (χ4n) is 1.92. The molecule has 0 saturated carbocycles. The maximum atomic E-state index is 12.0. The summed E-state index contributed by atoms with van der Waals surface area (Å²) in [6.07, 6.45) is 0.335. The Bertz CT molecular complexity index is 780. The maximum absolute atomic E-state index is 12.0. The fraction of sp³-hybridized carbons (Fsp3) is 0.294. The van der Waals surface area contributed by atoms with Gasteiger partial charge in [-0.25, -0.2) is 0 Å². The standard InChI is InChI=1S/C17H18N4O3S/c1-11-9-15(21-24-11)20-17(23)12(2)25-10-16(22)19-14-5-3-13(4-6-14)7-8-18/h3-6,9,12H,7,10H2,1-2H3,(H,19,22)(H,20,21,23)/t12-/m0/s1. The zero-order chi connectivity index (χ0) is 18.2. The number of carbonyl (C=O) groups is 2. The number of aryl methyl sites for hydroxylation is 1. The van der Waals surface area contributed by atoms with E-state index in [1.807, 2.05) is 0 Å². The summed E-state index contributed by atoms with van der Waals surface area (Å²) in [6.45, 7) is 3.45. The van der Waals surface area contributed by atoms with E-state index in [9.17, 15) is 9.59 Å². The van der Waals surface area contributed by atoms with Crippen LogP contribution in [0.1, 0.15) is 18.2 Å². The number of carbonyl (C=O) groups excluding carboxylic acids is 2. The summed E-state index contributed by atoms with van der Waals surface area (Å²) in [7, 11) is 0. The molecule has 0 unspecified atom stereocenters. The highest BCUT2D eigenvalue weighted by molar-refractivity contribution is 8.01. The molecule has 0 fully saturated rings. The number of aromatic nitrogens is 1. The number of rotatable bonds is 7. The molecule has 0 aliphatic rings. The lowest BCUT2D eigenvalue weighted by molar-refractivity contribution is -0.115. The molecule has 0 radical (unpaired) electrons. The lowest BCUT2D eigenvalue weighted by Gasteiger charge is -2.10. The molecule has 2 rings (SSSR count). The Hall–Kier alpha value is -2.79. The number of hydrogen-bond acceptors (Lipinski definition) is 6. The molecule has 0 bridgehead atoms. The third kappa shape index (κ3) is 5.97. The lowest BCUT2D eigenvalue weighted by Crippen LogP contribution is -2.25. The van der Waals surface area contributed by atoms with Gasteiger partial charge in [-0.1, -0.05) is 17.3 Å². The monoisotopic (exact) mass is 358 g/mol. The van der Waals surface area contributed by atoms with Crippen molar-refractivity contribution in [1.29, 1.82) is 5.26 Å². The van der Waals surface area contributed by atoms with Gasteiger partial charge in [-0.05, 0) is 31.5 Å². The number of benzene rings is 1. The predicted octanol–water partition coefficient (Wildman–Crippen LogP) is 2.75. The van der Waals surface area contributed by atoms with Gasteiger partial charge in [0.05, 0.1) is 23.5 Å². The lowest BCUT2D eigenvalue weighted by atomic mass is 10.1. The van der Waals surface area contributed by atoms with Crippen molar-refractivity contribution in [3.05, 3.63) is 41.7 Å². The number of nitrogens with zero attached hydrogens (tertiary/aromatic N) is 2. The van der Waals surface area contributed by atoms with Crippen molar-refractivity contribution >= 4 is 35.1 Å². The number of hydrogen-bond donors (Lipinski definition) is 2. The molecule has 0 aliphatic carbocycles. The van der Waals surface area contributed by atoms with Crippen LogP contribution in [0, 0.1) is 18.3 Å². The summed E-state index contributed by atoms with van der Waals surface area (Å²) in [5.41, 5.74) is 1.55. The van der Waals surface area contributed by atoms with E-state index in [0.717, 1.165) is 5.56 Å². The quantitative estimate of drug-likeness (QED) is 0.788. The first-order valence-electron chi connectivity index (χ1n) is 7.59. The van der Waals surface area contributed by atoms with Crippen LogP contribution in [0.2, 0.25) is 0 Å². The average molecular weight is 358 g/mol. The van der Waals surface area contributed by atoms with E-state index in [1.54, 1.807) is 44.2 Å². The predicted molar refractivity (Wildman–Crippen MR) is 96.2 cm³/mol. The van der Waals surface area contributed by atoms with E-state index in [1.165, 1.54) is 11.8 Å². The smallest absolute Gasteiger partial charge is 0.238 e. The molecule has 1 aromatic carbocycles. The number of thioether (sulfide) groups is 1. The van der Waals surface area contributed by atoms with Crippen molar-refractivity contribution in [3.8, 4) is 6.07 Å². The minimum Gasteiger partial charge on any atom is -0.360 e. The van der Waals surface area contributed by atoms with Crippen molar-refractivity contribution in [2.24, 2.45) is 0 Å². The third-order valence-corrected chi connectivity index (χ3v) is 4.38. The van der Waals surface area contributed by atoms with Crippen LogP contribution in [0.4, 0.5) is 11.5 Å². The second kappa shape index (κ2) is 8.89. The van der Waals surface area contributed by atoms with E-state index in [2.05, 4.69) is 21.9 Å². The number of nitrogens with one attached hydrogen (secondary N) is 2. The Balaban J connectivity index is 1.76. The Kier molecular flexibility index (Phi) is 6.60. The van der Waals surface area contributed by atoms with Gasteiger partial charge in [0.1, 0.15) is 5.76 Å². The van der Waals surface area contributed by atoms with Crippen molar-refractivity contribution in [2.75, 3.05) is 16.4 Å². The first-order valence-corrected chi connectivity index (χ1v) is 8.64. The molecule has 0 saturated heterocycles. The summed E-state index contributed by atoms with van der Waals surface area (Å²) in [5, 5.41) is 17.3. The molecule has 1 aromatic heterocycles. The van der Waals surface area contributed by atoms with Crippen LogP contribution in [0.5, 0.6) is 0 Å². The Labute approximate surface area is 149 Å². The van der Waals surface area contributed by atoms with Crippen molar-refractivity contribution in [1.82, 2.24) is 5.16 Å². The Morgan fingerprint density at radius 3 is 2.64 bits per heavy atom. The van der Waals surface area contributed by atoms with Crippen LogP contribution < -0.4 is 10.6 Å². The summed E-state index contributed by atoms with van der Waals surface area (Å²) < 4.78 is 4.88. The molecule has 2 N–H and O–H groups in total. The number of nitriles is 1. The highest BCUT2D eigenvalue weighted by Crippen LogP contribution is 2.15. The first kappa shape index (κ1) is 18.5. The van der Waals surface area contributed by atoms with Crippen molar-refractivity contribution in [3.63, 3.8) is 0 Å². The summed E-state index contributed by atoms with van der Waals surface area (Å²) in [6, 6.07) is 10.8. The number of amides is 2. The SMILES string of the molecule is Cc1cc(NC(=O)[C@H](C)SCC(=O)Nc2ccc(CC#N)cc2)no1. The van der Waals surface area contributed by atoms with Crippen molar-refractivity contribution in [2.45, 2.75) is 25.5 Å². The zero-order valence-corrected chi connectivity index (χ0v) is 14.7. The maximum Gasteiger partial charge on any atom is 0.238 e. The van der Waals surface area contributed by atoms with Gasteiger partial charge in [0.25, 0.3) is 0 Å². The van der Waals surface area contributed by atoms with E-state index < -0.39 is 5.25 Å². The Morgan fingerprint density at radius 1 is 1.32 bits per heavy atom. The van der Waals surface area contributed by atoms with Crippen LogP contribution in [-0.4, -0.2) is 28.0 Å². The third-order valence-electron chi connectivity index (χ3n) is 3.23. The van der Waals surface area contributed by atoms with Gasteiger partial charge in [0, 0.05) is 11.8 Å². The van der Waals surface area contributed by atoms with Gasteiger partial charge < -0.3 is 15.2 Å². The Morgan fingerprint density at radius 2 is 2.04 bits per heavy atom. The van der Waals surface area contributed by atoms with Gasteiger partial charge in [0.2, 0.25) is 11.8 Å². The van der Waals surface area contributed by atoms with Crippen LogP contribution >= 0.6 is 11.8 Å². The van der Waals surface area contributed by atoms with Gasteiger partial charge in [-0.2, -0.15) is 5.26 Å². The molecule has 25 heavy (non-hydrogen) atoms. The number of anilines is 2. The molecule has 7 nitrogen and oxygen atoms in total. The van der Waals surface area contributed by atoms with Crippen LogP contribution in [-0.2, 0) is 16.0 Å². The van der Waals surface area contributed by atoms with Crippen LogP contribution in [0.25, 0.3) is 0 Å². The first-order chi connectivity index (χ1) is 12.0. The molecule has 0 aliphatic heterocycles. The highest BCUT2D eigenvalue weighted by Gasteiger charge is 2.16. The van der Waals surface area contributed by atoms with E-state index in [4.69, 9.17) is 9.78 Å². The summed E-state index contributed by atoms with van der Waals surface area (Å²) in [4.78, 5) is 24.0. The summed E-state index contributed by atoms with van der Waals surface area (Å²) >= 11 is 1.22. The van der Waals surface area contributed by atoms with Gasteiger partial charge in [-0.15, -0.1) is 11.8 Å². The largest absolute Gasteiger partial charge is 0.360 e. The second-order valence-electron chi connectivity index (χ2n) is 5.35. The molecule has 8 heteroatoms. The van der Waals surface area contributed by atoms with Gasteiger partial charge in [-0.3, -0.25) is 9.59 Å². The van der Waals surface area contributed by atoms with E-state index in [0.29, 0.717) is 23.7 Å². The molecule has 0 spiro atoms. The van der Waals surface area contributed by atoms with Gasteiger partial charge in [0.15, 0.2) is 5.82 Å². The minimum atomic E-state index is -0.416. The zero-order valence-electron chi connectivity index (χ0n) is 13.9.